The maximum absolute atomic E-state index is 12.8. The van der Waals surface area contributed by atoms with Gasteiger partial charge < -0.3 is 0 Å². The second kappa shape index (κ2) is 7.03. The van der Waals surface area contributed by atoms with Crippen LogP contribution in [0.3, 0.4) is 0 Å². The van der Waals surface area contributed by atoms with Gasteiger partial charge in [0.05, 0.1) is 23.8 Å². The van der Waals surface area contributed by atoms with Gasteiger partial charge in [-0.05, 0) is 54.9 Å². The van der Waals surface area contributed by atoms with E-state index in [1.54, 1.807) is 18.5 Å². The van der Waals surface area contributed by atoms with E-state index >= 15 is 0 Å². The Balaban J connectivity index is 1.81. The van der Waals surface area contributed by atoms with Crippen molar-refractivity contribution in [3.63, 3.8) is 0 Å². The lowest BCUT2D eigenvalue weighted by Gasteiger charge is -2.22. The van der Waals surface area contributed by atoms with Crippen molar-refractivity contribution in [1.29, 1.82) is 0 Å². The Labute approximate surface area is 143 Å². The topological polar surface area (TPSA) is 76.9 Å². The molecule has 0 bridgehead atoms. The normalized spacial score (nSPS) is 16.1. The first kappa shape index (κ1) is 17.1. The SMILES string of the molecule is CC(C)C(Cn1nccn1)NS(=O)(=O)c1ccc2c(c1)CCCC2. The van der Waals surface area contributed by atoms with Crippen LogP contribution in [0.15, 0.2) is 35.5 Å². The number of fused-ring (bicyclic) bond motifs is 1. The Kier molecular flexibility index (Phi) is 5.01. The fraction of sp³-hybridized carbons (Fsp3) is 0.529. The highest BCUT2D eigenvalue weighted by atomic mass is 32.2. The Bertz CT molecular complexity index is 785. The van der Waals surface area contributed by atoms with Gasteiger partial charge in [0.25, 0.3) is 0 Å². The van der Waals surface area contributed by atoms with Gasteiger partial charge in [0.2, 0.25) is 10.0 Å². The van der Waals surface area contributed by atoms with E-state index in [2.05, 4.69) is 14.9 Å². The Hall–Kier alpha value is -1.73. The Morgan fingerprint density at radius 2 is 1.79 bits per heavy atom. The molecule has 7 heteroatoms. The molecule has 1 aliphatic carbocycles. The van der Waals surface area contributed by atoms with Crippen LogP contribution < -0.4 is 4.72 Å². The second-order valence-corrected chi connectivity index (χ2v) is 8.41. The molecule has 0 aliphatic heterocycles. The molecule has 0 fully saturated rings. The second-order valence-electron chi connectivity index (χ2n) is 6.69. The molecular formula is C17H24N4O2S. The quantitative estimate of drug-likeness (QED) is 0.868. The fourth-order valence-corrected chi connectivity index (χ4v) is 4.47. The summed E-state index contributed by atoms with van der Waals surface area (Å²) in [7, 11) is -3.56. The number of nitrogens with one attached hydrogen (secondary N) is 1. The first-order chi connectivity index (χ1) is 11.5. The van der Waals surface area contributed by atoms with Gasteiger partial charge in [-0.1, -0.05) is 19.9 Å². The predicted octanol–water partition coefficient (Wildman–Crippen LogP) is 2.16. The van der Waals surface area contributed by atoms with Gasteiger partial charge in [0, 0.05) is 6.04 Å². The first-order valence-corrected chi connectivity index (χ1v) is 9.92. The van der Waals surface area contributed by atoms with E-state index in [4.69, 9.17) is 0 Å². The minimum Gasteiger partial charge on any atom is -0.207 e. The lowest BCUT2D eigenvalue weighted by Crippen LogP contribution is -2.42. The van der Waals surface area contributed by atoms with Gasteiger partial charge in [-0.3, -0.25) is 0 Å². The minimum atomic E-state index is -3.56. The fourth-order valence-electron chi connectivity index (χ4n) is 3.04. The molecule has 1 N–H and O–H groups in total. The van der Waals surface area contributed by atoms with Gasteiger partial charge in [0.15, 0.2) is 0 Å². The Morgan fingerprint density at radius 3 is 2.46 bits per heavy atom. The van der Waals surface area contributed by atoms with Crippen LogP contribution in [0, 0.1) is 5.92 Å². The number of aromatic nitrogens is 3. The van der Waals surface area contributed by atoms with Crippen LogP contribution in [-0.2, 0) is 29.4 Å². The molecule has 6 nitrogen and oxygen atoms in total. The van der Waals surface area contributed by atoms with E-state index in [9.17, 15) is 8.42 Å². The zero-order valence-corrected chi connectivity index (χ0v) is 15.0. The summed E-state index contributed by atoms with van der Waals surface area (Å²) in [6.45, 7) is 4.39. The van der Waals surface area contributed by atoms with Crippen LogP contribution in [0.25, 0.3) is 0 Å². The summed E-state index contributed by atoms with van der Waals surface area (Å²) in [6, 6.07) is 5.25. The molecule has 24 heavy (non-hydrogen) atoms. The molecule has 1 heterocycles. The third kappa shape index (κ3) is 3.84. The third-order valence-electron chi connectivity index (χ3n) is 4.57. The minimum absolute atomic E-state index is 0.128. The zero-order valence-electron chi connectivity index (χ0n) is 14.1. The summed E-state index contributed by atoms with van der Waals surface area (Å²) >= 11 is 0. The van der Waals surface area contributed by atoms with Crippen molar-refractivity contribution in [2.45, 2.75) is 57.0 Å². The summed E-state index contributed by atoms with van der Waals surface area (Å²) in [5, 5.41) is 8.14. The molecule has 1 aromatic heterocycles. The summed E-state index contributed by atoms with van der Waals surface area (Å²) < 4.78 is 28.4. The van der Waals surface area contributed by atoms with Crippen LogP contribution in [0.2, 0.25) is 0 Å². The third-order valence-corrected chi connectivity index (χ3v) is 6.06. The molecule has 2 aromatic rings. The van der Waals surface area contributed by atoms with Crippen molar-refractivity contribution in [3.05, 3.63) is 41.7 Å². The number of aryl methyl sites for hydroxylation is 2. The monoisotopic (exact) mass is 348 g/mol. The van der Waals surface area contributed by atoms with E-state index in [1.807, 2.05) is 26.0 Å². The smallest absolute Gasteiger partial charge is 0.207 e. The molecule has 0 saturated carbocycles. The number of hydrogen-bond donors (Lipinski definition) is 1. The number of hydrogen-bond acceptors (Lipinski definition) is 4. The van der Waals surface area contributed by atoms with Crippen LogP contribution >= 0.6 is 0 Å². The molecule has 1 aliphatic rings. The van der Waals surface area contributed by atoms with E-state index in [0.717, 1.165) is 19.3 Å². The summed E-state index contributed by atoms with van der Waals surface area (Å²) in [5.41, 5.74) is 2.44. The molecule has 0 spiro atoms. The van der Waals surface area contributed by atoms with Crippen LogP contribution in [-0.4, -0.2) is 29.5 Å². The molecule has 1 unspecified atom stereocenters. The van der Waals surface area contributed by atoms with Crippen molar-refractivity contribution in [2.24, 2.45) is 5.92 Å². The summed E-state index contributed by atoms with van der Waals surface area (Å²) in [5.74, 6) is 0.128. The van der Waals surface area contributed by atoms with Crippen molar-refractivity contribution in [3.8, 4) is 0 Å². The number of sulfonamides is 1. The Morgan fingerprint density at radius 1 is 1.12 bits per heavy atom. The number of benzene rings is 1. The van der Waals surface area contributed by atoms with Crippen molar-refractivity contribution >= 4 is 10.0 Å². The van der Waals surface area contributed by atoms with Gasteiger partial charge in [0.1, 0.15) is 0 Å². The molecule has 0 saturated heterocycles. The van der Waals surface area contributed by atoms with Gasteiger partial charge in [-0.15, -0.1) is 0 Å². The highest BCUT2D eigenvalue weighted by Crippen LogP contribution is 2.24. The van der Waals surface area contributed by atoms with Crippen molar-refractivity contribution in [1.82, 2.24) is 19.7 Å². The van der Waals surface area contributed by atoms with Gasteiger partial charge in [-0.25, -0.2) is 13.1 Å². The largest absolute Gasteiger partial charge is 0.240 e. The molecule has 1 atom stereocenters. The van der Waals surface area contributed by atoms with E-state index in [-0.39, 0.29) is 12.0 Å². The van der Waals surface area contributed by atoms with E-state index < -0.39 is 10.0 Å². The highest BCUT2D eigenvalue weighted by molar-refractivity contribution is 7.89. The summed E-state index contributed by atoms with van der Waals surface area (Å²) in [6.07, 6.45) is 7.50. The summed E-state index contributed by atoms with van der Waals surface area (Å²) in [4.78, 5) is 1.86. The van der Waals surface area contributed by atoms with E-state index in [0.29, 0.717) is 11.4 Å². The lowest BCUT2D eigenvalue weighted by molar-refractivity contribution is 0.361. The molecule has 130 valence electrons. The van der Waals surface area contributed by atoms with Crippen LogP contribution in [0.4, 0.5) is 0 Å². The maximum Gasteiger partial charge on any atom is 0.240 e. The van der Waals surface area contributed by atoms with E-state index in [1.165, 1.54) is 22.3 Å². The average molecular weight is 348 g/mol. The first-order valence-electron chi connectivity index (χ1n) is 8.44. The maximum atomic E-state index is 12.8. The average Bonchev–Trinajstić information content (AvgIpc) is 3.06. The van der Waals surface area contributed by atoms with Crippen molar-refractivity contribution in [2.75, 3.05) is 0 Å². The molecule has 3 rings (SSSR count). The van der Waals surface area contributed by atoms with Gasteiger partial charge in [-0.2, -0.15) is 15.0 Å². The van der Waals surface area contributed by atoms with Crippen molar-refractivity contribution < 1.29 is 8.42 Å². The number of rotatable bonds is 6. The molecule has 1 aromatic carbocycles. The molecular weight excluding hydrogens is 324 g/mol. The van der Waals surface area contributed by atoms with Crippen LogP contribution in [0.5, 0.6) is 0 Å². The predicted molar refractivity (Wildman–Crippen MR) is 92.1 cm³/mol. The standard InChI is InChI=1S/C17H24N4O2S/c1-13(2)17(12-21-18-9-10-19-21)20-24(22,23)16-8-7-14-5-3-4-6-15(14)11-16/h7-11,13,17,20H,3-6,12H2,1-2H3. The lowest BCUT2D eigenvalue weighted by atomic mass is 9.92. The number of nitrogens with zero attached hydrogens (tertiary/aromatic N) is 3. The zero-order chi connectivity index (χ0) is 17.2. The molecule has 0 radical (unpaired) electrons. The van der Waals surface area contributed by atoms with Crippen LogP contribution in [0.1, 0.15) is 37.8 Å². The molecule has 0 amide bonds. The highest BCUT2D eigenvalue weighted by Gasteiger charge is 2.24. The van der Waals surface area contributed by atoms with Gasteiger partial charge >= 0.3 is 0 Å².